The zero-order valence-electron chi connectivity index (χ0n) is 11.6. The quantitative estimate of drug-likeness (QED) is 0.875. The molecule has 1 atom stereocenters. The highest BCUT2D eigenvalue weighted by molar-refractivity contribution is 5.73. The summed E-state index contributed by atoms with van der Waals surface area (Å²) in [5.41, 5.74) is 14.2. The first-order chi connectivity index (χ1) is 8.84. The molecule has 104 valence electrons. The molecule has 0 fully saturated rings. The zero-order chi connectivity index (χ0) is 14.2. The van der Waals surface area contributed by atoms with E-state index in [1.165, 1.54) is 4.57 Å². The van der Waals surface area contributed by atoms with Crippen molar-refractivity contribution < 1.29 is 4.42 Å². The Bertz CT molecular complexity index is 640. The van der Waals surface area contributed by atoms with Gasteiger partial charge in [-0.2, -0.15) is 0 Å². The third kappa shape index (κ3) is 2.72. The molecule has 0 saturated heterocycles. The minimum atomic E-state index is -0.358. The molecule has 0 aliphatic carbocycles. The summed E-state index contributed by atoms with van der Waals surface area (Å²) in [5, 5.41) is 0. The van der Waals surface area contributed by atoms with Gasteiger partial charge in [0.25, 0.3) is 0 Å². The van der Waals surface area contributed by atoms with E-state index < -0.39 is 0 Å². The molecule has 1 aromatic heterocycles. The fraction of sp³-hybridized carbons (Fsp3) is 0.500. The molecule has 0 radical (unpaired) electrons. The second kappa shape index (κ2) is 4.83. The van der Waals surface area contributed by atoms with E-state index in [9.17, 15) is 4.79 Å². The maximum atomic E-state index is 11.4. The molecule has 0 aliphatic rings. The second-order valence-electron chi connectivity index (χ2n) is 5.83. The number of oxazole rings is 1. The van der Waals surface area contributed by atoms with E-state index >= 15 is 0 Å². The van der Waals surface area contributed by atoms with E-state index in [0.29, 0.717) is 12.1 Å². The Kier molecular flexibility index (Phi) is 3.52. The number of benzene rings is 1. The molecule has 2 rings (SSSR count). The first-order valence-corrected chi connectivity index (χ1v) is 6.39. The van der Waals surface area contributed by atoms with Crippen LogP contribution in [0.2, 0.25) is 0 Å². The first kappa shape index (κ1) is 13.8. The molecular weight excluding hydrogens is 242 g/mol. The summed E-state index contributed by atoms with van der Waals surface area (Å²) in [6, 6.07) is 5.53. The van der Waals surface area contributed by atoms with Crippen molar-refractivity contribution in [3.05, 3.63) is 34.3 Å². The Morgan fingerprint density at radius 2 is 2.11 bits per heavy atom. The van der Waals surface area contributed by atoms with E-state index in [1.807, 2.05) is 18.2 Å². The lowest BCUT2D eigenvalue weighted by Gasteiger charge is -2.26. The lowest BCUT2D eigenvalue weighted by molar-refractivity contribution is 0.317. The van der Waals surface area contributed by atoms with Crippen LogP contribution in [-0.4, -0.2) is 11.1 Å². The normalized spacial score (nSPS) is 13.9. The smallest absolute Gasteiger partial charge is 0.408 e. The molecular formula is C14H21N3O2. The minimum absolute atomic E-state index is 0.00804. The first-order valence-electron chi connectivity index (χ1n) is 6.39. The third-order valence-corrected chi connectivity index (χ3v) is 3.57. The molecule has 1 aromatic carbocycles. The Morgan fingerprint density at radius 1 is 1.42 bits per heavy atom. The van der Waals surface area contributed by atoms with E-state index in [1.54, 1.807) is 7.05 Å². The lowest BCUT2D eigenvalue weighted by Crippen LogP contribution is -2.28. The highest BCUT2D eigenvalue weighted by Crippen LogP contribution is 2.28. The fourth-order valence-corrected chi connectivity index (χ4v) is 2.18. The van der Waals surface area contributed by atoms with Crippen LogP contribution in [0, 0.1) is 5.41 Å². The van der Waals surface area contributed by atoms with Gasteiger partial charge in [-0.25, -0.2) is 4.79 Å². The van der Waals surface area contributed by atoms with Crippen LogP contribution in [0.25, 0.3) is 11.1 Å². The Balaban J connectivity index is 2.33. The van der Waals surface area contributed by atoms with Gasteiger partial charge in [0.05, 0.1) is 5.52 Å². The molecule has 4 N–H and O–H groups in total. The summed E-state index contributed by atoms with van der Waals surface area (Å²) < 4.78 is 6.65. The van der Waals surface area contributed by atoms with Gasteiger partial charge in [0.1, 0.15) is 0 Å². The maximum Gasteiger partial charge on any atom is 0.419 e. The number of nitrogens with zero attached hydrogens (tertiary/aromatic N) is 1. The van der Waals surface area contributed by atoms with E-state index in [2.05, 4.69) is 13.8 Å². The highest BCUT2D eigenvalue weighted by atomic mass is 16.4. The fourth-order valence-electron chi connectivity index (χ4n) is 2.18. The number of rotatable bonds is 4. The summed E-state index contributed by atoms with van der Waals surface area (Å²) in [7, 11) is 1.69. The van der Waals surface area contributed by atoms with Gasteiger partial charge in [-0.1, -0.05) is 19.9 Å². The number of fused-ring (bicyclic) bond motifs is 1. The van der Waals surface area contributed by atoms with Crippen LogP contribution in [0.4, 0.5) is 0 Å². The van der Waals surface area contributed by atoms with Crippen LogP contribution < -0.4 is 17.2 Å². The second-order valence-corrected chi connectivity index (χ2v) is 5.83. The highest BCUT2D eigenvalue weighted by Gasteiger charge is 2.21. The average molecular weight is 263 g/mol. The average Bonchev–Trinajstić information content (AvgIpc) is 2.64. The van der Waals surface area contributed by atoms with Crippen molar-refractivity contribution >= 4 is 11.1 Å². The molecule has 19 heavy (non-hydrogen) atoms. The van der Waals surface area contributed by atoms with Gasteiger partial charge >= 0.3 is 5.76 Å². The topological polar surface area (TPSA) is 87.2 Å². The predicted octanol–water partition coefficient (Wildman–Crippen LogP) is 1.51. The van der Waals surface area contributed by atoms with Crippen LogP contribution in [0.15, 0.2) is 27.4 Å². The monoisotopic (exact) mass is 263 g/mol. The van der Waals surface area contributed by atoms with Gasteiger partial charge in [-0.05, 0) is 36.1 Å². The Labute approximate surface area is 112 Å². The zero-order valence-corrected chi connectivity index (χ0v) is 11.6. The van der Waals surface area contributed by atoms with Crippen molar-refractivity contribution in [1.29, 1.82) is 0 Å². The number of hydrogen-bond acceptors (Lipinski definition) is 4. The molecule has 5 nitrogen and oxygen atoms in total. The van der Waals surface area contributed by atoms with Crippen LogP contribution in [0.5, 0.6) is 0 Å². The Morgan fingerprint density at radius 3 is 2.74 bits per heavy atom. The van der Waals surface area contributed by atoms with Crippen molar-refractivity contribution in [2.45, 2.75) is 26.3 Å². The third-order valence-electron chi connectivity index (χ3n) is 3.57. The molecule has 1 unspecified atom stereocenters. The predicted molar refractivity (Wildman–Crippen MR) is 75.8 cm³/mol. The summed E-state index contributed by atoms with van der Waals surface area (Å²) in [6.07, 6.45) is 0.784. The van der Waals surface area contributed by atoms with Gasteiger partial charge in [0.15, 0.2) is 5.58 Å². The summed E-state index contributed by atoms with van der Waals surface area (Å²) in [4.78, 5) is 11.4. The molecule has 0 spiro atoms. The molecule has 0 aliphatic heterocycles. The molecule has 5 heteroatoms. The van der Waals surface area contributed by atoms with Gasteiger partial charge in [-0.15, -0.1) is 0 Å². The number of aryl methyl sites for hydroxylation is 1. The number of hydrogen-bond donors (Lipinski definition) is 2. The van der Waals surface area contributed by atoms with Crippen LogP contribution >= 0.6 is 0 Å². The van der Waals surface area contributed by atoms with E-state index in [4.69, 9.17) is 15.9 Å². The van der Waals surface area contributed by atoms with E-state index in [-0.39, 0.29) is 17.2 Å². The van der Waals surface area contributed by atoms with Gasteiger partial charge in [0, 0.05) is 13.1 Å². The Hall–Kier alpha value is -1.59. The van der Waals surface area contributed by atoms with Gasteiger partial charge in [0.2, 0.25) is 0 Å². The standard InChI is InChI=1S/C14H21N3O2/c1-14(2,8-15)7-10(16)9-4-5-11-12(6-9)19-13(18)17(11)3/h4-6,10H,7-8,15-16H2,1-3H3. The van der Waals surface area contributed by atoms with Crippen molar-refractivity contribution in [1.82, 2.24) is 4.57 Å². The van der Waals surface area contributed by atoms with Gasteiger partial charge in [-0.3, -0.25) is 4.57 Å². The van der Waals surface area contributed by atoms with Crippen LogP contribution in [0.3, 0.4) is 0 Å². The summed E-state index contributed by atoms with van der Waals surface area (Å²) >= 11 is 0. The molecule has 1 heterocycles. The van der Waals surface area contributed by atoms with E-state index in [0.717, 1.165) is 17.5 Å². The minimum Gasteiger partial charge on any atom is -0.408 e. The lowest BCUT2D eigenvalue weighted by atomic mass is 9.84. The van der Waals surface area contributed by atoms with Crippen molar-refractivity contribution in [2.75, 3.05) is 6.54 Å². The van der Waals surface area contributed by atoms with Gasteiger partial charge < -0.3 is 15.9 Å². The number of nitrogens with two attached hydrogens (primary N) is 2. The molecule has 0 bridgehead atoms. The van der Waals surface area contributed by atoms with Crippen molar-refractivity contribution in [2.24, 2.45) is 23.9 Å². The van der Waals surface area contributed by atoms with Crippen LogP contribution in [-0.2, 0) is 7.05 Å². The SMILES string of the molecule is Cn1c(=O)oc2cc(C(N)CC(C)(C)CN)ccc21. The molecule has 0 saturated carbocycles. The maximum absolute atomic E-state index is 11.4. The summed E-state index contributed by atoms with van der Waals surface area (Å²) in [6.45, 7) is 4.77. The number of aromatic nitrogens is 1. The van der Waals surface area contributed by atoms with Crippen molar-refractivity contribution in [3.63, 3.8) is 0 Å². The molecule has 0 amide bonds. The van der Waals surface area contributed by atoms with Crippen molar-refractivity contribution in [3.8, 4) is 0 Å². The summed E-state index contributed by atoms with van der Waals surface area (Å²) in [5.74, 6) is -0.358. The van der Waals surface area contributed by atoms with Crippen LogP contribution in [0.1, 0.15) is 31.9 Å². The largest absolute Gasteiger partial charge is 0.419 e. The molecule has 2 aromatic rings.